The highest BCUT2D eigenvalue weighted by Crippen LogP contribution is 2.45. The van der Waals surface area contributed by atoms with E-state index in [1.54, 1.807) is 0 Å². The van der Waals surface area contributed by atoms with Crippen LogP contribution in [0.1, 0.15) is 44.6 Å². The molecule has 1 aromatic heterocycles. The third-order valence-corrected chi connectivity index (χ3v) is 3.81. The van der Waals surface area contributed by atoms with Crippen LogP contribution >= 0.6 is 15.9 Å². The first-order chi connectivity index (χ1) is 7.07. The summed E-state index contributed by atoms with van der Waals surface area (Å²) in [6, 6.07) is 0. The normalized spacial score (nSPS) is 17.8. The minimum Gasteiger partial charge on any atom is -0.309 e. The molecule has 0 aliphatic heterocycles. The highest BCUT2D eigenvalue weighted by atomic mass is 79.9. The van der Waals surface area contributed by atoms with Crippen molar-refractivity contribution in [1.29, 1.82) is 0 Å². The number of aromatic nitrogens is 2. The van der Waals surface area contributed by atoms with Gasteiger partial charge in [-0.2, -0.15) is 0 Å². The number of nitrogens with zero attached hydrogens (tertiary/aromatic N) is 1. The summed E-state index contributed by atoms with van der Waals surface area (Å²) in [5, 5.41) is 0. The maximum Gasteiger partial charge on any atom is 0.265 e. The maximum absolute atomic E-state index is 11.7. The van der Waals surface area contributed by atoms with E-state index in [9.17, 15) is 4.79 Å². The number of rotatable bonds is 3. The fraction of sp³-hybridized carbons (Fsp3) is 0.636. The topological polar surface area (TPSA) is 45.8 Å². The molecule has 1 N–H and O–H groups in total. The molecule has 4 heteroatoms. The molecule has 0 bridgehead atoms. The summed E-state index contributed by atoms with van der Waals surface area (Å²) >= 11 is 3.30. The van der Waals surface area contributed by atoms with Gasteiger partial charge in [-0.15, -0.1) is 0 Å². The molecular weight excluding hydrogens is 256 g/mol. The largest absolute Gasteiger partial charge is 0.309 e. The number of hydrogen-bond donors (Lipinski definition) is 1. The third kappa shape index (κ3) is 2.00. The number of nitrogens with one attached hydrogen (secondary N) is 1. The zero-order valence-corrected chi connectivity index (χ0v) is 10.6. The summed E-state index contributed by atoms with van der Waals surface area (Å²) in [6.45, 7) is 4.24. The molecule has 1 aliphatic carbocycles. The van der Waals surface area contributed by atoms with Gasteiger partial charge in [-0.05, 0) is 35.2 Å². The highest BCUT2D eigenvalue weighted by Gasteiger charge is 2.41. The van der Waals surface area contributed by atoms with Crippen LogP contribution in [0.4, 0.5) is 0 Å². The molecule has 0 aromatic carbocycles. The van der Waals surface area contributed by atoms with Gasteiger partial charge >= 0.3 is 0 Å². The predicted octanol–water partition coefficient (Wildman–Crippen LogP) is 2.54. The van der Waals surface area contributed by atoms with Crippen LogP contribution < -0.4 is 5.56 Å². The second-order valence-electron chi connectivity index (χ2n) is 4.49. The molecule has 0 spiro atoms. The monoisotopic (exact) mass is 270 g/mol. The molecule has 3 nitrogen and oxygen atoms in total. The van der Waals surface area contributed by atoms with Crippen LogP contribution in [0.15, 0.2) is 9.27 Å². The Hall–Kier alpha value is -0.640. The lowest BCUT2D eigenvalue weighted by atomic mass is 10.1. The molecule has 0 saturated heterocycles. The summed E-state index contributed by atoms with van der Waals surface area (Å²) in [4.78, 5) is 19.1. The van der Waals surface area contributed by atoms with Crippen LogP contribution in [0.2, 0.25) is 0 Å². The van der Waals surface area contributed by atoms with Crippen molar-refractivity contribution in [3.63, 3.8) is 0 Å². The molecule has 1 aliphatic rings. The Morgan fingerprint density at radius 3 is 2.73 bits per heavy atom. The first-order valence-corrected chi connectivity index (χ1v) is 6.15. The lowest BCUT2D eigenvalue weighted by Crippen LogP contribution is -2.19. The van der Waals surface area contributed by atoms with Crippen molar-refractivity contribution in [2.24, 2.45) is 0 Å². The highest BCUT2D eigenvalue weighted by molar-refractivity contribution is 9.10. The molecule has 0 atom stereocenters. The maximum atomic E-state index is 11.7. The van der Waals surface area contributed by atoms with Gasteiger partial charge in [-0.25, -0.2) is 4.98 Å². The summed E-state index contributed by atoms with van der Waals surface area (Å²) in [6.07, 6.45) is 4.12. The number of H-pyrrole nitrogens is 1. The molecular formula is C11H15BrN2O. The summed E-state index contributed by atoms with van der Waals surface area (Å²) < 4.78 is 0.595. The van der Waals surface area contributed by atoms with E-state index >= 15 is 0 Å². The van der Waals surface area contributed by atoms with Crippen LogP contribution in [0.25, 0.3) is 0 Å². The minimum atomic E-state index is -0.0448. The molecule has 1 aromatic rings. The van der Waals surface area contributed by atoms with E-state index in [4.69, 9.17) is 0 Å². The molecule has 1 saturated carbocycles. The predicted molar refractivity (Wildman–Crippen MR) is 63.1 cm³/mol. The van der Waals surface area contributed by atoms with Crippen LogP contribution in [0, 0.1) is 0 Å². The van der Waals surface area contributed by atoms with Gasteiger partial charge in [-0.1, -0.05) is 20.3 Å². The van der Waals surface area contributed by atoms with Crippen molar-refractivity contribution < 1.29 is 0 Å². The second-order valence-corrected chi connectivity index (χ2v) is 5.28. The van der Waals surface area contributed by atoms with Crippen LogP contribution in [0.3, 0.4) is 0 Å². The van der Waals surface area contributed by atoms with E-state index in [1.165, 1.54) is 0 Å². The molecule has 2 rings (SSSR count). The quantitative estimate of drug-likeness (QED) is 0.918. The average Bonchev–Trinajstić information content (AvgIpc) is 2.93. The number of aromatic amines is 1. The number of halogens is 1. The third-order valence-electron chi connectivity index (χ3n) is 2.99. The van der Waals surface area contributed by atoms with Crippen molar-refractivity contribution in [1.82, 2.24) is 9.97 Å². The summed E-state index contributed by atoms with van der Waals surface area (Å²) in [5.74, 6) is 0.860. The molecule has 0 amide bonds. The average molecular weight is 271 g/mol. The minimum absolute atomic E-state index is 0.0448. The SMILES string of the molecule is CCCc1nc(C2(C)CC2)[nH]c(=O)c1Br. The lowest BCUT2D eigenvalue weighted by molar-refractivity contribution is 0.683. The molecule has 1 heterocycles. The molecule has 0 radical (unpaired) electrons. The van der Waals surface area contributed by atoms with Gasteiger partial charge in [0.2, 0.25) is 0 Å². The zero-order chi connectivity index (χ0) is 11.1. The summed E-state index contributed by atoms with van der Waals surface area (Å²) in [7, 11) is 0. The van der Waals surface area contributed by atoms with Crippen molar-refractivity contribution in [3.8, 4) is 0 Å². The van der Waals surface area contributed by atoms with Crippen molar-refractivity contribution in [3.05, 3.63) is 26.3 Å². The van der Waals surface area contributed by atoms with Gasteiger partial charge in [0.25, 0.3) is 5.56 Å². The van der Waals surface area contributed by atoms with E-state index in [2.05, 4.69) is 39.7 Å². The standard InChI is InChI=1S/C11H15BrN2O/c1-3-4-7-8(12)9(15)14-10(13-7)11(2)5-6-11/h3-6H2,1-2H3,(H,13,14,15). The number of hydrogen-bond acceptors (Lipinski definition) is 2. The Labute approximate surface area is 97.4 Å². The fourth-order valence-corrected chi connectivity index (χ4v) is 2.00. The number of aryl methyl sites for hydroxylation is 1. The van der Waals surface area contributed by atoms with Crippen LogP contribution in [0.5, 0.6) is 0 Å². The van der Waals surface area contributed by atoms with Gasteiger partial charge in [0.15, 0.2) is 0 Å². The van der Waals surface area contributed by atoms with Gasteiger partial charge in [-0.3, -0.25) is 4.79 Å². The molecule has 0 unspecified atom stereocenters. The van der Waals surface area contributed by atoms with E-state index in [0.717, 1.165) is 37.2 Å². The summed E-state index contributed by atoms with van der Waals surface area (Å²) in [5.41, 5.74) is 0.975. The van der Waals surface area contributed by atoms with Crippen molar-refractivity contribution in [2.75, 3.05) is 0 Å². The first-order valence-electron chi connectivity index (χ1n) is 5.36. The van der Waals surface area contributed by atoms with E-state index < -0.39 is 0 Å². The molecule has 1 fully saturated rings. The van der Waals surface area contributed by atoms with Gasteiger partial charge in [0.05, 0.1) is 5.69 Å². The molecule has 82 valence electrons. The van der Waals surface area contributed by atoms with E-state index in [1.807, 2.05) is 0 Å². The Balaban J connectivity index is 2.46. The van der Waals surface area contributed by atoms with Gasteiger partial charge in [0, 0.05) is 5.41 Å². The van der Waals surface area contributed by atoms with Gasteiger partial charge < -0.3 is 4.98 Å². The van der Waals surface area contributed by atoms with Gasteiger partial charge in [0.1, 0.15) is 10.3 Å². The Bertz CT molecular complexity index is 435. The van der Waals surface area contributed by atoms with E-state index in [0.29, 0.717) is 4.47 Å². The molecule has 15 heavy (non-hydrogen) atoms. The van der Waals surface area contributed by atoms with Crippen LogP contribution in [-0.2, 0) is 11.8 Å². The van der Waals surface area contributed by atoms with Crippen molar-refractivity contribution in [2.45, 2.75) is 44.9 Å². The van der Waals surface area contributed by atoms with Crippen molar-refractivity contribution >= 4 is 15.9 Å². The second kappa shape index (κ2) is 3.74. The van der Waals surface area contributed by atoms with Crippen LogP contribution in [-0.4, -0.2) is 9.97 Å². The Kier molecular flexibility index (Phi) is 2.71. The zero-order valence-electron chi connectivity index (χ0n) is 9.06. The first kappa shape index (κ1) is 10.9. The lowest BCUT2D eigenvalue weighted by Gasteiger charge is -2.10. The fourth-order valence-electron chi connectivity index (χ4n) is 1.62. The Morgan fingerprint density at radius 2 is 2.20 bits per heavy atom. The smallest absolute Gasteiger partial charge is 0.265 e. The van der Waals surface area contributed by atoms with E-state index in [-0.39, 0.29) is 11.0 Å². The Morgan fingerprint density at radius 1 is 1.53 bits per heavy atom.